The van der Waals surface area contributed by atoms with E-state index in [1.54, 1.807) is 0 Å². The number of nitro groups is 1. The second kappa shape index (κ2) is 10.6. The Balaban J connectivity index is 1.79. The van der Waals surface area contributed by atoms with Gasteiger partial charge in [0, 0.05) is 29.1 Å². The Bertz CT molecular complexity index is 1350. The van der Waals surface area contributed by atoms with Gasteiger partial charge in [-0.05, 0) is 29.8 Å². The molecule has 36 heavy (non-hydrogen) atoms. The molecule has 3 aromatic rings. The van der Waals surface area contributed by atoms with Crippen LogP contribution in [-0.2, 0) is 11.3 Å². The minimum Gasteiger partial charge on any atom is -0.457 e. The van der Waals surface area contributed by atoms with E-state index in [2.05, 4.69) is 17.2 Å². The molecule has 186 valence electrons. The number of nitro benzene ring substituents is 1. The summed E-state index contributed by atoms with van der Waals surface area (Å²) in [6, 6.07) is 8.38. The lowest BCUT2D eigenvalue weighted by Gasteiger charge is -2.14. The minimum absolute atomic E-state index is 0.0604. The number of urea groups is 1. The van der Waals surface area contributed by atoms with Gasteiger partial charge in [0.15, 0.2) is 23.3 Å². The number of amides is 2. The number of nitrogens with one attached hydrogen (secondary N) is 2. The van der Waals surface area contributed by atoms with Gasteiger partial charge in [0.25, 0.3) is 5.69 Å². The lowest BCUT2D eigenvalue weighted by Crippen LogP contribution is -2.21. The van der Waals surface area contributed by atoms with E-state index in [9.17, 15) is 41.7 Å². The Labute approximate surface area is 199 Å². The van der Waals surface area contributed by atoms with Crippen molar-refractivity contribution in [2.75, 3.05) is 10.6 Å². The molecule has 0 spiro atoms. The second-order valence-electron chi connectivity index (χ2n) is 7.02. The van der Waals surface area contributed by atoms with Crippen LogP contribution in [0.1, 0.15) is 21.5 Å². The van der Waals surface area contributed by atoms with Gasteiger partial charge in [-0.1, -0.05) is 18.7 Å². The van der Waals surface area contributed by atoms with Crippen molar-refractivity contribution in [3.05, 3.63) is 105 Å². The van der Waals surface area contributed by atoms with Crippen molar-refractivity contribution in [1.29, 1.82) is 0 Å². The van der Waals surface area contributed by atoms with Crippen LogP contribution in [0.5, 0.6) is 0 Å². The fraction of sp³-hybridized carbons (Fsp3) is 0.0435. The molecule has 3 rings (SSSR count). The van der Waals surface area contributed by atoms with E-state index in [1.807, 2.05) is 0 Å². The van der Waals surface area contributed by atoms with Gasteiger partial charge in [0.05, 0.1) is 4.92 Å². The van der Waals surface area contributed by atoms with Crippen LogP contribution in [0, 0.1) is 39.2 Å². The lowest BCUT2D eigenvalue weighted by molar-refractivity contribution is -0.384. The van der Waals surface area contributed by atoms with Gasteiger partial charge in [-0.15, -0.1) is 0 Å². The number of carbonyl (C=O) groups is 2. The standard InChI is InChI=1S/C23H14F5N3O5/c1-2-11-3-8-15(30-23(33)29-13-4-6-14(7-5-13)31(34)35)12(9-11)10-36-22(32)16-17(24)19(26)21(28)20(27)18(16)25/h2-9H,1,10H2,(H2,29,30,33). The van der Waals surface area contributed by atoms with Crippen LogP contribution in [-0.4, -0.2) is 16.9 Å². The van der Waals surface area contributed by atoms with Gasteiger partial charge >= 0.3 is 12.0 Å². The minimum atomic E-state index is -2.43. The zero-order valence-electron chi connectivity index (χ0n) is 17.9. The number of ether oxygens (including phenoxy) is 1. The van der Waals surface area contributed by atoms with E-state index in [0.717, 1.165) is 0 Å². The van der Waals surface area contributed by atoms with Gasteiger partial charge in [-0.2, -0.15) is 0 Å². The third-order valence-corrected chi connectivity index (χ3v) is 4.72. The van der Waals surface area contributed by atoms with Crippen LogP contribution in [0.25, 0.3) is 6.08 Å². The average molecular weight is 507 g/mol. The summed E-state index contributed by atoms with van der Waals surface area (Å²) in [7, 11) is 0. The molecule has 2 N–H and O–H groups in total. The topological polar surface area (TPSA) is 111 Å². The van der Waals surface area contributed by atoms with E-state index in [0.29, 0.717) is 5.56 Å². The molecule has 0 saturated heterocycles. The number of esters is 1. The summed E-state index contributed by atoms with van der Waals surface area (Å²) in [4.78, 5) is 34.6. The summed E-state index contributed by atoms with van der Waals surface area (Å²) in [6.07, 6.45) is 1.40. The first-order chi connectivity index (χ1) is 17.0. The van der Waals surface area contributed by atoms with Crippen molar-refractivity contribution >= 4 is 35.1 Å². The predicted octanol–water partition coefficient (Wildman–Crippen LogP) is 5.93. The highest BCUT2D eigenvalue weighted by Crippen LogP contribution is 2.25. The Kier molecular flexibility index (Phi) is 7.62. The summed E-state index contributed by atoms with van der Waals surface area (Å²) in [5, 5.41) is 15.6. The number of non-ortho nitro benzene ring substituents is 1. The molecule has 0 aliphatic carbocycles. The number of anilines is 2. The van der Waals surface area contributed by atoms with E-state index < -0.39 is 58.2 Å². The Morgan fingerprint density at radius 3 is 2.06 bits per heavy atom. The van der Waals surface area contributed by atoms with E-state index >= 15 is 0 Å². The fourth-order valence-electron chi connectivity index (χ4n) is 2.93. The predicted molar refractivity (Wildman–Crippen MR) is 118 cm³/mol. The van der Waals surface area contributed by atoms with Gasteiger partial charge in [0.2, 0.25) is 5.82 Å². The molecule has 0 atom stereocenters. The average Bonchev–Trinajstić information content (AvgIpc) is 2.86. The zero-order chi connectivity index (χ0) is 26.6. The first kappa shape index (κ1) is 25.8. The summed E-state index contributed by atoms with van der Waals surface area (Å²) in [5.74, 6) is -13.6. The molecular weight excluding hydrogens is 493 g/mol. The Morgan fingerprint density at radius 2 is 1.50 bits per heavy atom. The number of carbonyl (C=O) groups excluding carboxylic acids is 2. The summed E-state index contributed by atoms with van der Waals surface area (Å²) < 4.78 is 72.6. The molecule has 2 amide bonds. The molecule has 0 aliphatic heterocycles. The molecule has 0 aliphatic rings. The van der Waals surface area contributed by atoms with E-state index in [-0.39, 0.29) is 22.6 Å². The molecule has 0 aromatic heterocycles. The number of hydrogen-bond acceptors (Lipinski definition) is 5. The number of hydrogen-bond donors (Lipinski definition) is 2. The number of halogens is 5. The monoisotopic (exact) mass is 507 g/mol. The van der Waals surface area contributed by atoms with Crippen molar-refractivity contribution in [2.24, 2.45) is 0 Å². The summed E-state index contributed by atoms with van der Waals surface area (Å²) in [6.45, 7) is 2.83. The maximum atomic E-state index is 13.9. The SMILES string of the molecule is C=Cc1ccc(NC(=O)Nc2ccc([N+](=O)[O-])cc2)c(COC(=O)c2c(F)c(F)c(F)c(F)c2F)c1. The molecule has 0 bridgehead atoms. The molecule has 0 fully saturated rings. The van der Waals surface area contributed by atoms with E-state index in [4.69, 9.17) is 4.74 Å². The van der Waals surface area contributed by atoms with Crippen LogP contribution in [0.15, 0.2) is 49.0 Å². The zero-order valence-corrected chi connectivity index (χ0v) is 17.9. The quantitative estimate of drug-likeness (QED) is 0.103. The maximum Gasteiger partial charge on any atom is 0.344 e. The van der Waals surface area contributed by atoms with Crippen LogP contribution in [0.4, 0.5) is 43.8 Å². The fourth-order valence-corrected chi connectivity index (χ4v) is 2.93. The second-order valence-corrected chi connectivity index (χ2v) is 7.02. The highest BCUT2D eigenvalue weighted by atomic mass is 19.2. The van der Waals surface area contributed by atoms with Gasteiger partial charge < -0.3 is 15.4 Å². The first-order valence-electron chi connectivity index (χ1n) is 9.79. The smallest absolute Gasteiger partial charge is 0.344 e. The van der Waals surface area contributed by atoms with Crippen LogP contribution in [0.2, 0.25) is 0 Å². The largest absolute Gasteiger partial charge is 0.457 e. The number of rotatable bonds is 7. The highest BCUT2D eigenvalue weighted by molar-refractivity contribution is 6.00. The van der Waals surface area contributed by atoms with Crippen LogP contribution in [0.3, 0.4) is 0 Å². The molecule has 13 heteroatoms. The van der Waals surface area contributed by atoms with Crippen molar-refractivity contribution in [1.82, 2.24) is 0 Å². The molecular formula is C23H14F5N3O5. The van der Waals surface area contributed by atoms with Crippen molar-refractivity contribution in [3.63, 3.8) is 0 Å². The van der Waals surface area contributed by atoms with E-state index in [1.165, 1.54) is 48.5 Å². The van der Waals surface area contributed by atoms with Gasteiger partial charge in [-0.3, -0.25) is 10.1 Å². The van der Waals surface area contributed by atoms with Crippen molar-refractivity contribution < 1.29 is 41.2 Å². The molecule has 0 saturated carbocycles. The van der Waals surface area contributed by atoms with Gasteiger partial charge in [-0.25, -0.2) is 31.5 Å². The Morgan fingerprint density at radius 1 is 0.917 bits per heavy atom. The number of benzene rings is 3. The summed E-state index contributed by atoms with van der Waals surface area (Å²) >= 11 is 0. The molecule has 0 radical (unpaired) electrons. The van der Waals surface area contributed by atoms with Crippen molar-refractivity contribution in [3.8, 4) is 0 Å². The third kappa shape index (κ3) is 5.46. The molecule has 8 nitrogen and oxygen atoms in total. The molecule has 0 unspecified atom stereocenters. The summed E-state index contributed by atoms with van der Waals surface area (Å²) in [5.41, 5.74) is -1.12. The molecule has 0 heterocycles. The van der Waals surface area contributed by atoms with Crippen LogP contribution >= 0.6 is 0 Å². The first-order valence-corrected chi connectivity index (χ1v) is 9.79. The van der Waals surface area contributed by atoms with Crippen molar-refractivity contribution in [2.45, 2.75) is 6.61 Å². The number of nitrogens with zero attached hydrogens (tertiary/aromatic N) is 1. The molecule has 3 aromatic carbocycles. The lowest BCUT2D eigenvalue weighted by atomic mass is 10.1. The Hall–Kier alpha value is -4.81. The van der Waals surface area contributed by atoms with Gasteiger partial charge in [0.1, 0.15) is 12.2 Å². The third-order valence-electron chi connectivity index (χ3n) is 4.72. The highest BCUT2D eigenvalue weighted by Gasteiger charge is 2.30. The maximum absolute atomic E-state index is 13.9. The normalized spacial score (nSPS) is 10.5. The van der Waals surface area contributed by atoms with Crippen LogP contribution < -0.4 is 10.6 Å².